The number of pyridine rings is 1. The number of nitrogens with one attached hydrogen (secondary N) is 1. The summed E-state index contributed by atoms with van der Waals surface area (Å²) in [5.41, 5.74) is 1.21. The molecular formula is C11H15N3. The van der Waals surface area contributed by atoms with Crippen LogP contribution < -0.4 is 10.2 Å². The van der Waals surface area contributed by atoms with E-state index in [4.69, 9.17) is 0 Å². The zero-order chi connectivity index (χ0) is 9.38. The third kappa shape index (κ3) is 1.33. The monoisotopic (exact) mass is 189 g/mol. The van der Waals surface area contributed by atoms with Crippen LogP contribution in [0.3, 0.4) is 0 Å². The number of hydrogen-bond donors (Lipinski definition) is 1. The van der Waals surface area contributed by atoms with Gasteiger partial charge in [0.15, 0.2) is 5.82 Å². The molecule has 2 heterocycles. The highest BCUT2D eigenvalue weighted by Gasteiger charge is 2.31. The Bertz CT molecular complexity index is 333. The van der Waals surface area contributed by atoms with E-state index in [1.54, 1.807) is 0 Å². The van der Waals surface area contributed by atoms with Crippen molar-refractivity contribution < 1.29 is 0 Å². The largest absolute Gasteiger partial charge is 0.382 e. The second-order valence-corrected chi connectivity index (χ2v) is 4.08. The van der Waals surface area contributed by atoms with Crippen LogP contribution in [0.25, 0.3) is 0 Å². The van der Waals surface area contributed by atoms with Gasteiger partial charge in [-0.05, 0) is 31.4 Å². The molecule has 2 aliphatic rings. The Morgan fingerprint density at radius 2 is 2.36 bits per heavy atom. The van der Waals surface area contributed by atoms with Gasteiger partial charge in [0.1, 0.15) is 0 Å². The molecule has 0 atom stereocenters. The standard InChI is InChI=1S/C11H15N3/c1-3-10-11(13-6-1)14(9-4-5-9)8-2-7-12-10/h1,3,6,9,12H,2,4-5,7-8H2. The van der Waals surface area contributed by atoms with Crippen molar-refractivity contribution in [1.82, 2.24) is 4.98 Å². The van der Waals surface area contributed by atoms with E-state index in [0.29, 0.717) is 0 Å². The molecule has 1 aromatic rings. The predicted octanol–water partition coefficient (Wildman–Crippen LogP) is 1.87. The van der Waals surface area contributed by atoms with E-state index < -0.39 is 0 Å². The van der Waals surface area contributed by atoms with Gasteiger partial charge in [0, 0.05) is 25.3 Å². The minimum Gasteiger partial charge on any atom is -0.382 e. The summed E-state index contributed by atoms with van der Waals surface area (Å²) in [6.07, 6.45) is 5.79. The summed E-state index contributed by atoms with van der Waals surface area (Å²) >= 11 is 0. The molecule has 3 heteroatoms. The summed E-state index contributed by atoms with van der Waals surface area (Å²) in [5, 5.41) is 3.43. The highest BCUT2D eigenvalue weighted by molar-refractivity contribution is 5.67. The summed E-state index contributed by atoms with van der Waals surface area (Å²) in [4.78, 5) is 6.95. The van der Waals surface area contributed by atoms with Gasteiger partial charge in [-0.3, -0.25) is 0 Å². The van der Waals surface area contributed by atoms with Crippen LogP contribution in [0.15, 0.2) is 18.3 Å². The molecule has 0 radical (unpaired) electrons. The summed E-state index contributed by atoms with van der Waals surface area (Å²) in [7, 11) is 0. The number of rotatable bonds is 1. The van der Waals surface area contributed by atoms with Gasteiger partial charge >= 0.3 is 0 Å². The molecular weight excluding hydrogens is 174 g/mol. The SMILES string of the molecule is c1cnc2c(c1)NCCCN2C1CC1. The number of anilines is 2. The molecule has 1 aliphatic carbocycles. The van der Waals surface area contributed by atoms with E-state index in [1.807, 2.05) is 12.3 Å². The number of hydrogen-bond acceptors (Lipinski definition) is 3. The first-order valence-electron chi connectivity index (χ1n) is 5.41. The highest BCUT2D eigenvalue weighted by atomic mass is 15.3. The van der Waals surface area contributed by atoms with E-state index in [1.165, 1.54) is 24.9 Å². The van der Waals surface area contributed by atoms with Gasteiger partial charge in [-0.25, -0.2) is 4.98 Å². The third-order valence-electron chi connectivity index (χ3n) is 2.94. The van der Waals surface area contributed by atoms with Gasteiger partial charge in [-0.2, -0.15) is 0 Å². The molecule has 1 saturated carbocycles. The Balaban J connectivity index is 1.99. The van der Waals surface area contributed by atoms with Gasteiger partial charge in [-0.15, -0.1) is 0 Å². The van der Waals surface area contributed by atoms with Gasteiger partial charge in [0.2, 0.25) is 0 Å². The van der Waals surface area contributed by atoms with Crippen molar-refractivity contribution in [1.29, 1.82) is 0 Å². The molecule has 1 fully saturated rings. The lowest BCUT2D eigenvalue weighted by atomic mass is 10.3. The lowest BCUT2D eigenvalue weighted by Crippen LogP contribution is -2.26. The normalized spacial score (nSPS) is 21.0. The first-order chi connectivity index (χ1) is 6.95. The minimum absolute atomic E-state index is 0.767. The van der Waals surface area contributed by atoms with Crippen LogP contribution in [0.5, 0.6) is 0 Å². The lowest BCUT2D eigenvalue weighted by molar-refractivity contribution is 0.751. The molecule has 0 saturated heterocycles. The molecule has 74 valence electrons. The van der Waals surface area contributed by atoms with E-state index in [9.17, 15) is 0 Å². The minimum atomic E-state index is 0.767. The zero-order valence-corrected chi connectivity index (χ0v) is 8.24. The third-order valence-corrected chi connectivity index (χ3v) is 2.94. The maximum atomic E-state index is 4.49. The van der Waals surface area contributed by atoms with Crippen molar-refractivity contribution >= 4 is 11.5 Å². The fraction of sp³-hybridized carbons (Fsp3) is 0.545. The Hall–Kier alpha value is -1.25. The van der Waals surface area contributed by atoms with E-state index in [2.05, 4.69) is 21.3 Å². The molecule has 3 rings (SSSR count). The van der Waals surface area contributed by atoms with Crippen LogP contribution in [0, 0.1) is 0 Å². The van der Waals surface area contributed by atoms with Gasteiger partial charge in [0.05, 0.1) is 5.69 Å². The molecule has 0 amide bonds. The molecule has 0 bridgehead atoms. The average Bonchev–Trinajstić information content (AvgIpc) is 3.03. The summed E-state index contributed by atoms with van der Waals surface area (Å²) in [6.45, 7) is 2.23. The van der Waals surface area contributed by atoms with Crippen molar-refractivity contribution in [2.24, 2.45) is 0 Å². The fourth-order valence-electron chi connectivity index (χ4n) is 2.08. The van der Waals surface area contributed by atoms with Crippen molar-refractivity contribution in [3.8, 4) is 0 Å². The zero-order valence-electron chi connectivity index (χ0n) is 8.24. The lowest BCUT2D eigenvalue weighted by Gasteiger charge is -2.22. The smallest absolute Gasteiger partial charge is 0.152 e. The number of aromatic nitrogens is 1. The number of fused-ring (bicyclic) bond motifs is 1. The Morgan fingerprint density at radius 1 is 1.43 bits per heavy atom. The van der Waals surface area contributed by atoms with Crippen LogP contribution in [0.4, 0.5) is 11.5 Å². The van der Waals surface area contributed by atoms with Crippen molar-refractivity contribution in [2.45, 2.75) is 25.3 Å². The van der Waals surface area contributed by atoms with Gasteiger partial charge < -0.3 is 10.2 Å². The Labute approximate surface area is 84.1 Å². The fourth-order valence-corrected chi connectivity index (χ4v) is 2.08. The molecule has 3 nitrogen and oxygen atoms in total. The maximum absolute atomic E-state index is 4.49. The van der Waals surface area contributed by atoms with E-state index in [0.717, 1.165) is 24.9 Å². The van der Waals surface area contributed by atoms with E-state index >= 15 is 0 Å². The molecule has 14 heavy (non-hydrogen) atoms. The van der Waals surface area contributed by atoms with Crippen molar-refractivity contribution in [2.75, 3.05) is 23.3 Å². The molecule has 1 N–H and O–H groups in total. The predicted molar refractivity (Wildman–Crippen MR) is 57.7 cm³/mol. The average molecular weight is 189 g/mol. The molecule has 0 aromatic carbocycles. The quantitative estimate of drug-likeness (QED) is 0.731. The first kappa shape index (κ1) is 8.09. The molecule has 0 spiro atoms. The van der Waals surface area contributed by atoms with Gasteiger partial charge in [0.25, 0.3) is 0 Å². The van der Waals surface area contributed by atoms with Crippen LogP contribution in [0.2, 0.25) is 0 Å². The van der Waals surface area contributed by atoms with Gasteiger partial charge in [-0.1, -0.05) is 0 Å². The second-order valence-electron chi connectivity index (χ2n) is 4.08. The first-order valence-corrected chi connectivity index (χ1v) is 5.41. The second kappa shape index (κ2) is 3.15. The van der Waals surface area contributed by atoms with Crippen molar-refractivity contribution in [3.05, 3.63) is 18.3 Å². The van der Waals surface area contributed by atoms with Crippen LogP contribution >= 0.6 is 0 Å². The molecule has 0 unspecified atom stereocenters. The molecule has 1 aliphatic heterocycles. The van der Waals surface area contributed by atoms with Crippen molar-refractivity contribution in [3.63, 3.8) is 0 Å². The number of nitrogens with zero attached hydrogens (tertiary/aromatic N) is 2. The maximum Gasteiger partial charge on any atom is 0.152 e. The van der Waals surface area contributed by atoms with Crippen LogP contribution in [-0.2, 0) is 0 Å². The topological polar surface area (TPSA) is 28.2 Å². The van der Waals surface area contributed by atoms with Crippen LogP contribution in [0.1, 0.15) is 19.3 Å². The Kier molecular flexibility index (Phi) is 1.82. The summed E-state index contributed by atoms with van der Waals surface area (Å²) < 4.78 is 0. The Morgan fingerprint density at radius 3 is 3.21 bits per heavy atom. The molecule has 1 aromatic heterocycles. The summed E-state index contributed by atoms with van der Waals surface area (Å²) in [5.74, 6) is 1.16. The summed E-state index contributed by atoms with van der Waals surface area (Å²) in [6, 6.07) is 4.90. The highest BCUT2D eigenvalue weighted by Crippen LogP contribution is 2.35. The van der Waals surface area contributed by atoms with Crippen LogP contribution in [-0.4, -0.2) is 24.1 Å². The van der Waals surface area contributed by atoms with E-state index in [-0.39, 0.29) is 0 Å².